The Hall–Kier alpha value is -1.84. The summed E-state index contributed by atoms with van der Waals surface area (Å²) in [7, 11) is 0. The summed E-state index contributed by atoms with van der Waals surface area (Å²) in [5, 5.41) is 2.28. The van der Waals surface area contributed by atoms with Crippen LogP contribution in [0.15, 0.2) is 70.6 Å². The molecule has 130 valence electrons. The topological polar surface area (TPSA) is 24.7 Å². The van der Waals surface area contributed by atoms with Crippen molar-refractivity contribution in [3.8, 4) is 0 Å². The Kier molecular flexibility index (Phi) is 6.33. The summed E-state index contributed by atoms with van der Waals surface area (Å²) in [6, 6.07) is 18.1. The van der Waals surface area contributed by atoms with Crippen molar-refractivity contribution in [3.05, 3.63) is 91.9 Å². The van der Waals surface area contributed by atoms with E-state index < -0.39 is 0 Å². The second-order valence-electron chi connectivity index (χ2n) is 5.37. The van der Waals surface area contributed by atoms with Crippen LogP contribution in [-0.4, -0.2) is 12.4 Å². The molecule has 2 nitrogen and oxygen atoms in total. The van der Waals surface area contributed by atoms with Crippen LogP contribution in [0, 0.1) is 0 Å². The van der Waals surface area contributed by atoms with E-state index in [1.165, 1.54) is 0 Å². The van der Waals surface area contributed by atoms with Gasteiger partial charge in [0.15, 0.2) is 0 Å². The molecule has 0 spiro atoms. The zero-order chi connectivity index (χ0) is 18.5. The molecular formula is C20H12Cl4N2. The van der Waals surface area contributed by atoms with Crippen molar-refractivity contribution in [2.24, 2.45) is 9.98 Å². The van der Waals surface area contributed by atoms with Crippen molar-refractivity contribution >= 4 is 70.2 Å². The lowest BCUT2D eigenvalue weighted by molar-refractivity contribution is 1.51. The van der Waals surface area contributed by atoms with Gasteiger partial charge in [-0.05, 0) is 47.5 Å². The van der Waals surface area contributed by atoms with Gasteiger partial charge in [0.1, 0.15) is 0 Å². The Morgan fingerprint density at radius 2 is 0.923 bits per heavy atom. The van der Waals surface area contributed by atoms with Crippen LogP contribution in [0.4, 0.5) is 11.4 Å². The quantitative estimate of drug-likeness (QED) is 0.384. The average molecular weight is 422 g/mol. The molecule has 0 aromatic heterocycles. The molecule has 3 aromatic carbocycles. The minimum absolute atomic E-state index is 0.549. The summed E-state index contributed by atoms with van der Waals surface area (Å²) >= 11 is 24.1. The molecule has 3 aromatic rings. The van der Waals surface area contributed by atoms with Crippen molar-refractivity contribution in [1.29, 1.82) is 0 Å². The molecule has 0 saturated carbocycles. The second-order valence-corrected chi connectivity index (χ2v) is 7.06. The molecular weight excluding hydrogens is 410 g/mol. The summed E-state index contributed by atoms with van der Waals surface area (Å²) in [5.74, 6) is 0. The predicted molar refractivity (Wildman–Crippen MR) is 114 cm³/mol. The normalized spacial score (nSPS) is 11.5. The largest absolute Gasteiger partial charge is 0.255 e. The number of benzene rings is 3. The molecule has 0 amide bonds. The number of nitrogens with zero attached hydrogens (tertiary/aromatic N) is 2. The van der Waals surface area contributed by atoms with Gasteiger partial charge in [0.2, 0.25) is 0 Å². The average Bonchev–Trinajstić information content (AvgIpc) is 2.64. The van der Waals surface area contributed by atoms with Gasteiger partial charge in [-0.3, -0.25) is 9.98 Å². The number of halogens is 4. The number of rotatable bonds is 4. The molecule has 0 heterocycles. The highest BCUT2D eigenvalue weighted by molar-refractivity contribution is 6.35. The van der Waals surface area contributed by atoms with Crippen LogP contribution in [0.1, 0.15) is 11.1 Å². The van der Waals surface area contributed by atoms with Crippen LogP contribution in [-0.2, 0) is 0 Å². The molecule has 0 aliphatic carbocycles. The maximum atomic E-state index is 6.10. The Labute approximate surface area is 171 Å². The number of aliphatic imine (C=N–C) groups is 2. The predicted octanol–water partition coefficient (Wildman–Crippen LogP) is 7.80. The first-order valence-corrected chi connectivity index (χ1v) is 9.11. The highest BCUT2D eigenvalue weighted by Gasteiger charge is 2.00. The summed E-state index contributed by atoms with van der Waals surface area (Å²) in [6.07, 6.45) is 3.46. The Morgan fingerprint density at radius 3 is 1.31 bits per heavy atom. The minimum Gasteiger partial charge on any atom is -0.255 e. The fourth-order valence-electron chi connectivity index (χ4n) is 2.13. The van der Waals surface area contributed by atoms with Crippen LogP contribution in [0.3, 0.4) is 0 Å². The van der Waals surface area contributed by atoms with E-state index in [0.29, 0.717) is 31.5 Å². The van der Waals surface area contributed by atoms with E-state index in [1.807, 2.05) is 24.3 Å². The lowest BCUT2D eigenvalue weighted by atomic mass is 10.1. The molecule has 6 heteroatoms. The van der Waals surface area contributed by atoms with Crippen LogP contribution < -0.4 is 0 Å². The van der Waals surface area contributed by atoms with Crippen LogP contribution in [0.25, 0.3) is 0 Å². The molecule has 0 N–H and O–H groups in total. The third kappa shape index (κ3) is 5.09. The first kappa shape index (κ1) is 18.9. The third-order valence-corrected chi connectivity index (χ3v) is 4.57. The van der Waals surface area contributed by atoms with Gasteiger partial charge in [-0.15, -0.1) is 0 Å². The molecule has 26 heavy (non-hydrogen) atoms. The van der Waals surface area contributed by atoms with Gasteiger partial charge >= 0.3 is 0 Å². The number of hydrogen-bond donors (Lipinski definition) is 0. The lowest BCUT2D eigenvalue weighted by Crippen LogP contribution is -1.84. The standard InChI is InChI=1S/C20H12Cl4N2/c21-15-5-7-17(23)19(9-15)25-11-13-1-2-14(4-3-13)12-26-20-10-16(22)6-8-18(20)24/h1-12H. The summed E-state index contributed by atoms with van der Waals surface area (Å²) in [6.45, 7) is 0. The first-order chi connectivity index (χ1) is 12.5. The van der Waals surface area contributed by atoms with Crippen LogP contribution in [0.5, 0.6) is 0 Å². The van der Waals surface area contributed by atoms with Crippen LogP contribution in [0.2, 0.25) is 20.1 Å². The van der Waals surface area contributed by atoms with Gasteiger partial charge in [0.05, 0.1) is 21.4 Å². The third-order valence-electron chi connectivity index (χ3n) is 3.46. The second kappa shape index (κ2) is 8.70. The molecule has 0 unspecified atom stereocenters. The molecule has 0 radical (unpaired) electrons. The lowest BCUT2D eigenvalue weighted by Gasteiger charge is -2.00. The Balaban J connectivity index is 1.74. The van der Waals surface area contributed by atoms with Crippen molar-refractivity contribution in [2.75, 3.05) is 0 Å². The SMILES string of the molecule is Clc1ccc(Cl)c(N=Cc2ccc(C=Nc3cc(Cl)ccc3Cl)cc2)c1. The van der Waals surface area contributed by atoms with E-state index in [9.17, 15) is 0 Å². The Morgan fingerprint density at radius 1 is 0.538 bits per heavy atom. The van der Waals surface area contributed by atoms with Crippen molar-refractivity contribution in [3.63, 3.8) is 0 Å². The summed E-state index contributed by atoms with van der Waals surface area (Å²) < 4.78 is 0. The molecule has 0 aliphatic rings. The van der Waals surface area contributed by atoms with E-state index in [4.69, 9.17) is 46.4 Å². The summed E-state index contributed by atoms with van der Waals surface area (Å²) in [4.78, 5) is 8.75. The van der Waals surface area contributed by atoms with Gasteiger partial charge < -0.3 is 0 Å². The van der Waals surface area contributed by atoms with Crippen molar-refractivity contribution < 1.29 is 0 Å². The number of hydrogen-bond acceptors (Lipinski definition) is 2. The van der Waals surface area contributed by atoms with E-state index >= 15 is 0 Å². The van der Waals surface area contributed by atoms with E-state index in [2.05, 4.69) is 9.98 Å². The van der Waals surface area contributed by atoms with E-state index in [-0.39, 0.29) is 0 Å². The summed E-state index contributed by atoms with van der Waals surface area (Å²) in [5.41, 5.74) is 3.11. The highest BCUT2D eigenvalue weighted by Crippen LogP contribution is 2.29. The molecule has 3 rings (SSSR count). The van der Waals surface area contributed by atoms with Gasteiger partial charge in [-0.2, -0.15) is 0 Å². The molecule has 0 atom stereocenters. The van der Waals surface area contributed by atoms with Crippen molar-refractivity contribution in [2.45, 2.75) is 0 Å². The Bertz CT molecular complexity index is 899. The molecule has 0 bridgehead atoms. The molecule has 0 fully saturated rings. The highest BCUT2D eigenvalue weighted by atomic mass is 35.5. The maximum Gasteiger partial charge on any atom is 0.0830 e. The zero-order valence-corrected chi connectivity index (χ0v) is 16.4. The fraction of sp³-hybridized carbons (Fsp3) is 0. The fourth-order valence-corrected chi connectivity index (χ4v) is 2.79. The van der Waals surface area contributed by atoms with Gasteiger partial charge in [0.25, 0.3) is 0 Å². The van der Waals surface area contributed by atoms with E-state index in [0.717, 1.165) is 11.1 Å². The molecule has 0 saturated heterocycles. The van der Waals surface area contributed by atoms with Crippen molar-refractivity contribution in [1.82, 2.24) is 0 Å². The maximum absolute atomic E-state index is 6.10. The van der Waals surface area contributed by atoms with Gasteiger partial charge in [-0.25, -0.2) is 0 Å². The minimum atomic E-state index is 0.549. The van der Waals surface area contributed by atoms with E-state index in [1.54, 1.807) is 48.8 Å². The first-order valence-electron chi connectivity index (χ1n) is 7.59. The monoisotopic (exact) mass is 420 g/mol. The molecule has 0 aliphatic heterocycles. The van der Waals surface area contributed by atoms with Crippen LogP contribution >= 0.6 is 46.4 Å². The van der Waals surface area contributed by atoms with Gasteiger partial charge in [0, 0.05) is 22.5 Å². The zero-order valence-electron chi connectivity index (χ0n) is 13.3. The van der Waals surface area contributed by atoms with Gasteiger partial charge in [-0.1, -0.05) is 70.7 Å². The smallest absolute Gasteiger partial charge is 0.0830 e.